The van der Waals surface area contributed by atoms with Crippen molar-refractivity contribution in [3.8, 4) is 28.1 Å². The minimum Gasteiger partial charge on any atom is -0.309 e. The van der Waals surface area contributed by atoms with E-state index in [9.17, 15) is 0 Å². The quantitative estimate of drug-likeness (QED) is 0.213. The Labute approximate surface area is 213 Å². The van der Waals surface area contributed by atoms with Crippen molar-refractivity contribution in [3.05, 3.63) is 127 Å². The largest absolute Gasteiger partial charge is 0.309 e. The number of benzene rings is 4. The highest BCUT2D eigenvalue weighted by atomic mass is 79.9. The third-order valence-electron chi connectivity index (χ3n) is 6.96. The van der Waals surface area contributed by atoms with Crippen molar-refractivity contribution >= 4 is 38.2 Å². The zero-order chi connectivity index (χ0) is 23.4. The van der Waals surface area contributed by atoms with Gasteiger partial charge in [0.05, 0.1) is 22.6 Å². The summed E-state index contributed by atoms with van der Waals surface area (Å²) in [5.74, 6) is 0. The standard InChI is InChI=1S/C32H23BrN2/c33-22-11-10-14-24(21-22)34-28-18-7-4-15-25(28)31-26-16-5-8-19-29(26)35(23-12-2-1-3-13-23)32(31)27-17-6-9-20-30(27)34/h1-10,12-22H,11H2. The SMILES string of the molecule is BrC1C=C(N2c3ccccc3-c3c(n(-c4ccccc4)c4ccccc34)-c3ccccc32)C=CC1. The maximum Gasteiger partial charge on any atom is 0.0641 e. The molecule has 1 aliphatic heterocycles. The summed E-state index contributed by atoms with van der Waals surface area (Å²) in [6.45, 7) is 0. The summed E-state index contributed by atoms with van der Waals surface area (Å²) in [6.07, 6.45) is 7.85. The van der Waals surface area contributed by atoms with Gasteiger partial charge in [-0.15, -0.1) is 0 Å². The summed E-state index contributed by atoms with van der Waals surface area (Å²) in [5.41, 5.74) is 11.0. The number of para-hydroxylation sites is 4. The Kier molecular flexibility index (Phi) is 4.78. The number of alkyl halides is 1. The predicted octanol–water partition coefficient (Wildman–Crippen LogP) is 9.02. The number of halogens is 1. The van der Waals surface area contributed by atoms with Crippen LogP contribution in [0.4, 0.5) is 11.4 Å². The molecule has 0 bridgehead atoms. The van der Waals surface area contributed by atoms with Crippen molar-refractivity contribution in [1.82, 2.24) is 4.57 Å². The van der Waals surface area contributed by atoms with Gasteiger partial charge in [0.25, 0.3) is 0 Å². The normalized spacial score (nSPS) is 16.3. The molecular formula is C32H23BrN2. The lowest BCUT2D eigenvalue weighted by atomic mass is 9.98. The van der Waals surface area contributed by atoms with Gasteiger partial charge >= 0.3 is 0 Å². The van der Waals surface area contributed by atoms with Crippen molar-refractivity contribution in [1.29, 1.82) is 0 Å². The van der Waals surface area contributed by atoms with Gasteiger partial charge in [-0.05, 0) is 48.9 Å². The first kappa shape index (κ1) is 20.5. The number of nitrogens with zero attached hydrogens (tertiary/aromatic N) is 2. The van der Waals surface area contributed by atoms with E-state index in [-0.39, 0.29) is 0 Å². The molecule has 0 radical (unpaired) electrons. The monoisotopic (exact) mass is 514 g/mol. The van der Waals surface area contributed by atoms with E-state index in [4.69, 9.17) is 0 Å². The van der Waals surface area contributed by atoms with Crippen LogP contribution in [0.15, 0.2) is 127 Å². The molecule has 1 aromatic heterocycles. The van der Waals surface area contributed by atoms with Crippen molar-refractivity contribution in [2.24, 2.45) is 0 Å². The molecule has 0 spiro atoms. The van der Waals surface area contributed by atoms with E-state index < -0.39 is 0 Å². The Balaban J connectivity index is 1.66. The second kappa shape index (κ2) is 8.14. The van der Waals surface area contributed by atoms with Crippen LogP contribution in [0.1, 0.15) is 6.42 Å². The zero-order valence-electron chi connectivity index (χ0n) is 19.1. The molecule has 0 N–H and O–H groups in total. The predicted molar refractivity (Wildman–Crippen MR) is 151 cm³/mol. The second-order valence-corrected chi connectivity index (χ2v) is 10.2. The zero-order valence-corrected chi connectivity index (χ0v) is 20.7. The molecule has 2 nitrogen and oxygen atoms in total. The molecule has 2 heterocycles. The number of hydrogen-bond donors (Lipinski definition) is 0. The molecule has 0 saturated carbocycles. The number of fused-ring (bicyclic) bond motifs is 7. The molecule has 1 unspecified atom stereocenters. The maximum absolute atomic E-state index is 3.83. The lowest BCUT2D eigenvalue weighted by Gasteiger charge is -2.30. The number of rotatable bonds is 2. The molecule has 168 valence electrons. The van der Waals surface area contributed by atoms with Gasteiger partial charge in [0.15, 0.2) is 0 Å². The molecule has 4 aromatic carbocycles. The average molecular weight is 515 g/mol. The molecule has 0 fully saturated rings. The van der Waals surface area contributed by atoms with Gasteiger partial charge in [-0.3, -0.25) is 0 Å². The summed E-state index contributed by atoms with van der Waals surface area (Å²) in [4.78, 5) is 2.75. The fourth-order valence-corrected chi connectivity index (χ4v) is 6.03. The molecule has 35 heavy (non-hydrogen) atoms. The first-order valence-corrected chi connectivity index (χ1v) is 12.9. The summed E-state index contributed by atoms with van der Waals surface area (Å²) in [7, 11) is 0. The third kappa shape index (κ3) is 3.15. The van der Waals surface area contributed by atoms with E-state index in [1.807, 2.05) is 0 Å². The van der Waals surface area contributed by atoms with E-state index in [0.717, 1.165) is 6.42 Å². The molecular weight excluding hydrogens is 492 g/mol. The smallest absolute Gasteiger partial charge is 0.0641 e. The van der Waals surface area contributed by atoms with Crippen molar-refractivity contribution in [2.75, 3.05) is 4.90 Å². The molecule has 3 heteroatoms. The Morgan fingerprint density at radius 3 is 2.14 bits per heavy atom. The van der Waals surface area contributed by atoms with Crippen LogP contribution < -0.4 is 4.90 Å². The van der Waals surface area contributed by atoms with Crippen LogP contribution in [0, 0.1) is 0 Å². The van der Waals surface area contributed by atoms with Gasteiger partial charge in [-0.25, -0.2) is 0 Å². The van der Waals surface area contributed by atoms with Crippen LogP contribution in [0.3, 0.4) is 0 Å². The van der Waals surface area contributed by atoms with Gasteiger partial charge in [0.1, 0.15) is 0 Å². The van der Waals surface area contributed by atoms with E-state index >= 15 is 0 Å². The molecule has 0 saturated heterocycles. The summed E-state index contributed by atoms with van der Waals surface area (Å²) in [5, 5.41) is 1.27. The Bertz CT molecular complexity index is 1640. The molecule has 0 amide bonds. The van der Waals surface area contributed by atoms with E-state index in [2.05, 4.69) is 147 Å². The summed E-state index contributed by atoms with van der Waals surface area (Å²) < 4.78 is 2.43. The first-order valence-electron chi connectivity index (χ1n) is 12.0. The number of anilines is 2. The Hall–Kier alpha value is -3.82. The van der Waals surface area contributed by atoms with E-state index in [0.29, 0.717) is 4.83 Å². The first-order chi connectivity index (χ1) is 17.3. The number of allylic oxidation sites excluding steroid dienone is 3. The van der Waals surface area contributed by atoms with Gasteiger partial charge in [-0.2, -0.15) is 0 Å². The number of aromatic nitrogens is 1. The molecule has 5 aromatic rings. The lowest BCUT2D eigenvalue weighted by molar-refractivity contribution is 1.03. The fraction of sp³-hybridized carbons (Fsp3) is 0.0625. The number of hydrogen-bond acceptors (Lipinski definition) is 1. The minimum absolute atomic E-state index is 0.325. The highest BCUT2D eigenvalue weighted by Gasteiger charge is 2.31. The summed E-state index contributed by atoms with van der Waals surface area (Å²) in [6, 6.07) is 37.2. The van der Waals surface area contributed by atoms with Crippen LogP contribution in [-0.4, -0.2) is 9.39 Å². The van der Waals surface area contributed by atoms with Gasteiger partial charge in [-0.1, -0.05) is 94.8 Å². The van der Waals surface area contributed by atoms with Crippen LogP contribution in [0.5, 0.6) is 0 Å². The van der Waals surface area contributed by atoms with Crippen LogP contribution in [-0.2, 0) is 0 Å². The van der Waals surface area contributed by atoms with Crippen molar-refractivity contribution < 1.29 is 0 Å². The molecule has 1 atom stereocenters. The highest BCUT2D eigenvalue weighted by Crippen LogP contribution is 2.53. The van der Waals surface area contributed by atoms with Crippen molar-refractivity contribution in [2.45, 2.75) is 11.2 Å². The molecule has 7 rings (SSSR count). The second-order valence-electron chi connectivity index (χ2n) is 9.03. The van der Waals surface area contributed by atoms with E-state index in [1.54, 1.807) is 0 Å². The van der Waals surface area contributed by atoms with Gasteiger partial charge in [0.2, 0.25) is 0 Å². The van der Waals surface area contributed by atoms with Crippen molar-refractivity contribution in [3.63, 3.8) is 0 Å². The van der Waals surface area contributed by atoms with E-state index in [1.165, 1.54) is 56.0 Å². The minimum atomic E-state index is 0.325. The Morgan fingerprint density at radius 2 is 1.34 bits per heavy atom. The molecule has 1 aliphatic carbocycles. The van der Waals surface area contributed by atoms with Crippen LogP contribution in [0.2, 0.25) is 0 Å². The van der Waals surface area contributed by atoms with Gasteiger partial charge in [0, 0.05) is 38.3 Å². The van der Waals surface area contributed by atoms with Crippen LogP contribution in [0.25, 0.3) is 39.0 Å². The average Bonchev–Trinajstić information content (AvgIpc) is 3.19. The lowest BCUT2D eigenvalue weighted by Crippen LogP contribution is -2.18. The molecule has 2 aliphatic rings. The van der Waals surface area contributed by atoms with Crippen LogP contribution >= 0.6 is 15.9 Å². The summed E-state index contributed by atoms with van der Waals surface area (Å²) >= 11 is 3.83. The fourth-order valence-electron chi connectivity index (χ4n) is 5.55. The maximum atomic E-state index is 3.83. The highest BCUT2D eigenvalue weighted by molar-refractivity contribution is 9.09. The van der Waals surface area contributed by atoms with Gasteiger partial charge < -0.3 is 9.47 Å². The Morgan fingerprint density at radius 1 is 0.686 bits per heavy atom. The topological polar surface area (TPSA) is 8.17 Å². The third-order valence-corrected chi connectivity index (χ3v) is 7.60.